The molecule has 1 aliphatic heterocycles. The third-order valence-electron chi connectivity index (χ3n) is 4.47. The molecule has 1 aliphatic rings. The van der Waals surface area contributed by atoms with Crippen molar-refractivity contribution >= 4 is 40.9 Å². The Hall–Kier alpha value is -3.59. The van der Waals surface area contributed by atoms with Crippen molar-refractivity contribution in [2.75, 3.05) is 33.3 Å². The quantitative estimate of drug-likeness (QED) is 0.430. The Morgan fingerprint density at radius 1 is 0.867 bits per heavy atom. The highest BCUT2D eigenvalue weighted by atomic mass is 32.1. The van der Waals surface area contributed by atoms with Gasteiger partial charge in [0.05, 0.1) is 34.1 Å². The number of carbonyl (C=O) groups excluding carboxylic acids is 2. The van der Waals surface area contributed by atoms with E-state index in [0.29, 0.717) is 34.2 Å². The second-order valence-electron chi connectivity index (χ2n) is 6.11. The van der Waals surface area contributed by atoms with Crippen LogP contribution in [0.25, 0.3) is 6.08 Å². The van der Waals surface area contributed by atoms with Crippen LogP contribution in [-0.4, -0.2) is 45.4 Å². The minimum Gasteiger partial charge on any atom is -0.497 e. The van der Waals surface area contributed by atoms with Crippen LogP contribution in [0.1, 0.15) is 5.56 Å². The summed E-state index contributed by atoms with van der Waals surface area (Å²) in [5.74, 6) is 0.750. The third kappa shape index (κ3) is 3.92. The zero-order valence-corrected chi connectivity index (χ0v) is 17.7. The summed E-state index contributed by atoms with van der Waals surface area (Å²) < 4.78 is 21.1. The summed E-state index contributed by atoms with van der Waals surface area (Å²) in [6, 6.07) is 9.98. The van der Waals surface area contributed by atoms with Gasteiger partial charge in [-0.05, 0) is 48.6 Å². The fourth-order valence-electron chi connectivity index (χ4n) is 2.94. The highest BCUT2D eigenvalue weighted by Crippen LogP contribution is 2.36. The lowest BCUT2D eigenvalue weighted by Gasteiger charge is -2.29. The maximum Gasteiger partial charge on any atom is 0.270 e. The molecule has 2 amide bonds. The van der Waals surface area contributed by atoms with Crippen LogP contribution in [-0.2, 0) is 9.59 Å². The van der Waals surface area contributed by atoms with Crippen molar-refractivity contribution in [3.63, 3.8) is 0 Å². The van der Waals surface area contributed by atoms with Crippen molar-refractivity contribution in [1.82, 2.24) is 5.32 Å². The molecule has 0 atom stereocenters. The molecule has 0 spiro atoms. The number of nitrogens with one attached hydrogen (secondary N) is 1. The van der Waals surface area contributed by atoms with E-state index in [9.17, 15) is 9.59 Å². The molecule has 1 fully saturated rings. The van der Waals surface area contributed by atoms with Gasteiger partial charge in [-0.15, -0.1) is 0 Å². The van der Waals surface area contributed by atoms with E-state index in [1.165, 1.54) is 32.3 Å². The number of methoxy groups -OCH3 is 4. The van der Waals surface area contributed by atoms with Crippen molar-refractivity contribution in [3.05, 3.63) is 47.5 Å². The topological polar surface area (TPSA) is 86.3 Å². The van der Waals surface area contributed by atoms with Gasteiger partial charge in [-0.25, -0.2) is 0 Å². The first kappa shape index (κ1) is 21.1. The predicted octanol–water partition coefficient (Wildman–Crippen LogP) is 2.55. The molecule has 9 heteroatoms. The summed E-state index contributed by atoms with van der Waals surface area (Å²) in [7, 11) is 6.01. The monoisotopic (exact) mass is 428 g/mol. The molecule has 0 bridgehead atoms. The molecule has 0 aliphatic carbocycles. The number of carbonyl (C=O) groups is 2. The maximum atomic E-state index is 13.2. The summed E-state index contributed by atoms with van der Waals surface area (Å²) in [5, 5.41) is 2.54. The second kappa shape index (κ2) is 8.83. The summed E-state index contributed by atoms with van der Waals surface area (Å²) in [6.45, 7) is 0. The normalized spacial score (nSPS) is 15.1. The third-order valence-corrected chi connectivity index (χ3v) is 4.75. The molecule has 1 N–H and O–H groups in total. The number of rotatable bonds is 6. The lowest BCUT2D eigenvalue weighted by Crippen LogP contribution is -2.54. The summed E-state index contributed by atoms with van der Waals surface area (Å²) >= 11 is 5.22. The smallest absolute Gasteiger partial charge is 0.270 e. The Morgan fingerprint density at radius 2 is 1.47 bits per heavy atom. The number of ether oxygens (including phenoxy) is 4. The van der Waals surface area contributed by atoms with Gasteiger partial charge >= 0.3 is 0 Å². The Morgan fingerprint density at radius 3 is 2.03 bits per heavy atom. The van der Waals surface area contributed by atoms with Gasteiger partial charge in [0.25, 0.3) is 11.8 Å². The van der Waals surface area contributed by atoms with Crippen LogP contribution in [0.4, 0.5) is 5.69 Å². The van der Waals surface area contributed by atoms with Gasteiger partial charge in [0.15, 0.2) is 16.6 Å². The van der Waals surface area contributed by atoms with E-state index in [4.69, 9.17) is 31.2 Å². The van der Waals surface area contributed by atoms with Gasteiger partial charge in [0.1, 0.15) is 17.1 Å². The Bertz CT molecular complexity index is 1030. The van der Waals surface area contributed by atoms with Gasteiger partial charge in [0, 0.05) is 11.6 Å². The Labute approximate surface area is 179 Å². The Kier molecular flexibility index (Phi) is 6.22. The van der Waals surface area contributed by atoms with Crippen LogP contribution < -0.4 is 29.2 Å². The molecular weight excluding hydrogens is 408 g/mol. The van der Waals surface area contributed by atoms with Crippen LogP contribution in [0, 0.1) is 0 Å². The molecule has 2 aromatic rings. The van der Waals surface area contributed by atoms with E-state index < -0.39 is 11.8 Å². The van der Waals surface area contributed by atoms with E-state index in [1.807, 2.05) is 0 Å². The highest BCUT2D eigenvalue weighted by Gasteiger charge is 2.34. The number of benzene rings is 2. The van der Waals surface area contributed by atoms with Crippen molar-refractivity contribution in [2.24, 2.45) is 0 Å². The van der Waals surface area contributed by atoms with Gasteiger partial charge in [0.2, 0.25) is 0 Å². The van der Waals surface area contributed by atoms with Crippen LogP contribution >= 0.6 is 12.2 Å². The van der Waals surface area contributed by atoms with Crippen molar-refractivity contribution in [1.29, 1.82) is 0 Å². The number of amides is 2. The van der Waals surface area contributed by atoms with Gasteiger partial charge < -0.3 is 18.9 Å². The Balaban J connectivity index is 2.06. The van der Waals surface area contributed by atoms with Crippen molar-refractivity contribution in [3.8, 4) is 23.0 Å². The minimum atomic E-state index is -0.605. The molecule has 0 aromatic heterocycles. The maximum absolute atomic E-state index is 13.2. The number of thiocarbonyl (C=S) groups is 1. The standard InChI is InChI=1S/C21H20N2O6S/c1-26-14-7-5-13(6-8-14)23-20(25)15(19(24)22-21(23)30)9-12-10-17(28-3)18(29-4)11-16(12)27-2/h5-11H,1-4H3,(H,22,24,30)/b15-9-. The molecule has 0 radical (unpaired) electrons. The molecule has 30 heavy (non-hydrogen) atoms. The molecule has 156 valence electrons. The lowest BCUT2D eigenvalue weighted by molar-refractivity contribution is -0.122. The fourth-order valence-corrected chi connectivity index (χ4v) is 3.23. The average molecular weight is 428 g/mol. The predicted molar refractivity (Wildman–Crippen MR) is 115 cm³/mol. The molecule has 2 aromatic carbocycles. The lowest BCUT2D eigenvalue weighted by atomic mass is 10.1. The summed E-state index contributed by atoms with van der Waals surface area (Å²) in [5.41, 5.74) is 0.858. The van der Waals surface area contributed by atoms with E-state index in [1.54, 1.807) is 43.5 Å². The molecule has 8 nitrogen and oxygen atoms in total. The number of nitrogens with zero attached hydrogens (tertiary/aromatic N) is 1. The van der Waals surface area contributed by atoms with Gasteiger partial charge in [-0.1, -0.05) is 0 Å². The largest absolute Gasteiger partial charge is 0.497 e. The number of anilines is 1. The van der Waals surface area contributed by atoms with Gasteiger partial charge in [-0.3, -0.25) is 19.8 Å². The number of hydrogen-bond acceptors (Lipinski definition) is 7. The van der Waals surface area contributed by atoms with Crippen LogP contribution in [0.3, 0.4) is 0 Å². The van der Waals surface area contributed by atoms with Crippen molar-refractivity contribution in [2.45, 2.75) is 0 Å². The molecule has 0 unspecified atom stereocenters. The van der Waals surface area contributed by atoms with Crippen LogP contribution in [0.15, 0.2) is 42.0 Å². The van der Waals surface area contributed by atoms with Crippen molar-refractivity contribution < 1.29 is 28.5 Å². The fraction of sp³-hybridized carbons (Fsp3) is 0.190. The minimum absolute atomic E-state index is 0.00778. The van der Waals surface area contributed by atoms with E-state index >= 15 is 0 Å². The SMILES string of the molecule is COc1ccc(N2C(=O)/C(=C\c3cc(OC)c(OC)cc3OC)C(=O)NC2=S)cc1. The molecule has 1 heterocycles. The summed E-state index contributed by atoms with van der Waals surface area (Å²) in [6.07, 6.45) is 1.43. The molecular formula is C21H20N2O6S. The van der Waals surface area contributed by atoms with Gasteiger partial charge in [-0.2, -0.15) is 0 Å². The van der Waals surface area contributed by atoms with E-state index in [2.05, 4.69) is 5.32 Å². The zero-order valence-electron chi connectivity index (χ0n) is 16.8. The average Bonchev–Trinajstić information content (AvgIpc) is 2.76. The second-order valence-corrected chi connectivity index (χ2v) is 6.49. The van der Waals surface area contributed by atoms with Crippen LogP contribution in [0.5, 0.6) is 23.0 Å². The first-order valence-electron chi connectivity index (χ1n) is 8.79. The first-order chi connectivity index (χ1) is 14.4. The van der Waals surface area contributed by atoms with E-state index in [-0.39, 0.29) is 10.7 Å². The molecule has 1 saturated heterocycles. The zero-order chi connectivity index (χ0) is 21.8. The first-order valence-corrected chi connectivity index (χ1v) is 9.19. The number of hydrogen-bond donors (Lipinski definition) is 1. The highest BCUT2D eigenvalue weighted by molar-refractivity contribution is 7.80. The van der Waals surface area contributed by atoms with E-state index in [0.717, 1.165) is 0 Å². The molecule has 0 saturated carbocycles. The van der Waals surface area contributed by atoms with Crippen LogP contribution in [0.2, 0.25) is 0 Å². The summed E-state index contributed by atoms with van der Waals surface area (Å²) in [4.78, 5) is 27.0. The molecule has 3 rings (SSSR count).